The Morgan fingerprint density at radius 3 is 2.75 bits per heavy atom. The van der Waals surface area contributed by atoms with Crippen LogP contribution in [-0.4, -0.2) is 49.1 Å². The van der Waals surface area contributed by atoms with Crippen molar-refractivity contribution in [1.82, 2.24) is 15.2 Å². The predicted molar refractivity (Wildman–Crippen MR) is 78.4 cm³/mol. The first-order chi connectivity index (χ1) is 9.72. The average molecular weight is 273 g/mol. The minimum absolute atomic E-state index is 0.0831. The lowest BCUT2D eigenvalue weighted by molar-refractivity contribution is 0.0737. The molecule has 0 unspecified atom stereocenters. The lowest BCUT2D eigenvalue weighted by Gasteiger charge is -2.27. The van der Waals surface area contributed by atoms with Gasteiger partial charge in [-0.15, -0.1) is 0 Å². The normalized spacial score (nSPS) is 15.6. The molecule has 3 rings (SSSR count). The van der Waals surface area contributed by atoms with Gasteiger partial charge >= 0.3 is 0 Å². The minimum Gasteiger partial charge on any atom is -0.496 e. The van der Waals surface area contributed by atoms with Crippen molar-refractivity contribution in [2.75, 3.05) is 33.3 Å². The number of fused-ring (bicyclic) bond motifs is 1. The van der Waals surface area contributed by atoms with E-state index < -0.39 is 0 Å². The van der Waals surface area contributed by atoms with Crippen LogP contribution in [0.15, 0.2) is 18.2 Å². The van der Waals surface area contributed by atoms with Crippen LogP contribution in [0.2, 0.25) is 0 Å². The molecule has 0 spiro atoms. The fourth-order valence-corrected chi connectivity index (χ4v) is 2.81. The van der Waals surface area contributed by atoms with Crippen LogP contribution in [0.5, 0.6) is 5.75 Å². The standard InChI is InChI=1S/C15H19N3O2/c1-10-13(15(19)18-8-6-16-7-9-18)14-11(17-10)4-3-5-12(14)20-2/h3-5,16-17H,6-9H2,1-2H3. The van der Waals surface area contributed by atoms with E-state index >= 15 is 0 Å². The van der Waals surface area contributed by atoms with Crippen molar-refractivity contribution in [2.24, 2.45) is 0 Å². The van der Waals surface area contributed by atoms with Crippen molar-refractivity contribution in [1.29, 1.82) is 0 Å². The largest absolute Gasteiger partial charge is 0.496 e. The van der Waals surface area contributed by atoms with Gasteiger partial charge in [0.1, 0.15) is 5.75 Å². The maximum atomic E-state index is 12.8. The van der Waals surface area contributed by atoms with Crippen molar-refractivity contribution in [3.63, 3.8) is 0 Å². The van der Waals surface area contributed by atoms with E-state index in [2.05, 4.69) is 10.3 Å². The second-order valence-corrected chi connectivity index (χ2v) is 5.05. The van der Waals surface area contributed by atoms with E-state index in [0.29, 0.717) is 0 Å². The first-order valence-electron chi connectivity index (χ1n) is 6.87. The lowest BCUT2D eigenvalue weighted by atomic mass is 10.1. The number of hydrogen-bond acceptors (Lipinski definition) is 3. The first kappa shape index (κ1) is 13.0. The zero-order valence-corrected chi connectivity index (χ0v) is 11.8. The van der Waals surface area contributed by atoms with Crippen molar-refractivity contribution >= 4 is 16.8 Å². The summed E-state index contributed by atoms with van der Waals surface area (Å²) in [4.78, 5) is 18.0. The fraction of sp³-hybridized carbons (Fsp3) is 0.400. The van der Waals surface area contributed by atoms with Gasteiger partial charge in [0.2, 0.25) is 0 Å². The van der Waals surface area contributed by atoms with Crippen molar-refractivity contribution in [2.45, 2.75) is 6.92 Å². The smallest absolute Gasteiger partial charge is 0.256 e. The quantitative estimate of drug-likeness (QED) is 0.872. The number of aromatic amines is 1. The van der Waals surface area contributed by atoms with Crippen LogP contribution in [0, 0.1) is 6.92 Å². The van der Waals surface area contributed by atoms with Gasteiger partial charge in [0.15, 0.2) is 0 Å². The number of hydrogen-bond donors (Lipinski definition) is 2. The van der Waals surface area contributed by atoms with E-state index in [1.165, 1.54) is 0 Å². The zero-order valence-electron chi connectivity index (χ0n) is 11.8. The summed E-state index contributed by atoms with van der Waals surface area (Å²) in [6, 6.07) is 5.79. The van der Waals surface area contributed by atoms with Gasteiger partial charge in [-0.1, -0.05) is 6.07 Å². The number of carbonyl (C=O) groups is 1. The molecule has 2 N–H and O–H groups in total. The molecule has 5 nitrogen and oxygen atoms in total. The highest BCUT2D eigenvalue weighted by molar-refractivity contribution is 6.10. The number of methoxy groups -OCH3 is 1. The molecule has 0 aliphatic carbocycles. The Kier molecular flexibility index (Phi) is 3.36. The molecule has 0 saturated carbocycles. The van der Waals surface area contributed by atoms with Crippen molar-refractivity contribution < 1.29 is 9.53 Å². The van der Waals surface area contributed by atoms with Crippen LogP contribution in [-0.2, 0) is 0 Å². The molecule has 2 aromatic rings. The van der Waals surface area contributed by atoms with Crippen LogP contribution in [0.3, 0.4) is 0 Å². The minimum atomic E-state index is 0.0831. The highest BCUT2D eigenvalue weighted by Crippen LogP contribution is 2.31. The van der Waals surface area contributed by atoms with Gasteiger partial charge in [0.05, 0.1) is 23.6 Å². The summed E-state index contributed by atoms with van der Waals surface area (Å²) in [7, 11) is 1.64. The third kappa shape index (κ3) is 2.04. The van der Waals surface area contributed by atoms with Crippen LogP contribution in [0.4, 0.5) is 0 Å². The van der Waals surface area contributed by atoms with Gasteiger partial charge in [-0.25, -0.2) is 0 Å². The average Bonchev–Trinajstić information content (AvgIpc) is 2.83. The molecule has 1 aliphatic rings. The summed E-state index contributed by atoms with van der Waals surface area (Å²) >= 11 is 0. The van der Waals surface area contributed by atoms with Crippen LogP contribution in [0.25, 0.3) is 10.9 Å². The summed E-state index contributed by atoms with van der Waals surface area (Å²) in [5.41, 5.74) is 2.58. The van der Waals surface area contributed by atoms with Gasteiger partial charge in [-0.05, 0) is 19.1 Å². The Hall–Kier alpha value is -2.01. The van der Waals surface area contributed by atoms with E-state index in [-0.39, 0.29) is 5.91 Å². The maximum absolute atomic E-state index is 12.8. The topological polar surface area (TPSA) is 57.4 Å². The number of nitrogens with zero attached hydrogens (tertiary/aromatic N) is 1. The SMILES string of the molecule is COc1cccc2[nH]c(C)c(C(=O)N3CCNCC3)c12. The van der Waals surface area contributed by atoms with Gasteiger partial charge in [0.25, 0.3) is 5.91 Å². The maximum Gasteiger partial charge on any atom is 0.256 e. The van der Waals surface area contributed by atoms with E-state index in [1.54, 1.807) is 7.11 Å². The molecule has 0 bridgehead atoms. The Labute approximate surface area is 117 Å². The molecule has 2 heterocycles. The first-order valence-corrected chi connectivity index (χ1v) is 6.87. The third-order valence-electron chi connectivity index (χ3n) is 3.81. The van der Waals surface area contributed by atoms with E-state index in [9.17, 15) is 4.79 Å². The van der Waals surface area contributed by atoms with Crippen LogP contribution < -0.4 is 10.1 Å². The summed E-state index contributed by atoms with van der Waals surface area (Å²) in [5, 5.41) is 4.15. The molecule has 20 heavy (non-hydrogen) atoms. The van der Waals surface area contributed by atoms with Crippen LogP contribution in [0.1, 0.15) is 16.1 Å². The van der Waals surface area contributed by atoms with E-state index in [4.69, 9.17) is 4.74 Å². The summed E-state index contributed by atoms with van der Waals surface area (Å²) in [5.74, 6) is 0.824. The van der Waals surface area contributed by atoms with Crippen LogP contribution >= 0.6 is 0 Å². The van der Waals surface area contributed by atoms with Gasteiger partial charge in [-0.3, -0.25) is 4.79 Å². The number of aromatic nitrogens is 1. The van der Waals surface area contributed by atoms with E-state index in [0.717, 1.165) is 54.1 Å². The van der Waals surface area contributed by atoms with Crippen molar-refractivity contribution in [3.8, 4) is 5.75 Å². The number of H-pyrrole nitrogens is 1. The molecule has 106 valence electrons. The number of amides is 1. The Bertz CT molecular complexity index is 642. The third-order valence-corrected chi connectivity index (χ3v) is 3.81. The Morgan fingerprint density at radius 1 is 1.30 bits per heavy atom. The molecule has 1 fully saturated rings. The number of rotatable bonds is 2. The molecule has 1 amide bonds. The second-order valence-electron chi connectivity index (χ2n) is 5.05. The zero-order chi connectivity index (χ0) is 14.1. The predicted octanol–water partition coefficient (Wildman–Crippen LogP) is 1.53. The highest BCUT2D eigenvalue weighted by Gasteiger charge is 2.24. The molecule has 0 atom stereocenters. The molecule has 1 aliphatic heterocycles. The number of nitrogens with one attached hydrogen (secondary N) is 2. The summed E-state index contributed by atoms with van der Waals surface area (Å²) in [6.07, 6.45) is 0. The van der Waals surface area contributed by atoms with Crippen molar-refractivity contribution in [3.05, 3.63) is 29.5 Å². The summed E-state index contributed by atoms with van der Waals surface area (Å²) < 4.78 is 5.42. The number of piperazine rings is 1. The Morgan fingerprint density at radius 2 is 2.05 bits per heavy atom. The molecule has 1 aromatic carbocycles. The molecular weight excluding hydrogens is 254 g/mol. The fourth-order valence-electron chi connectivity index (χ4n) is 2.81. The molecule has 1 saturated heterocycles. The Balaban J connectivity index is 2.10. The number of aryl methyl sites for hydroxylation is 1. The van der Waals surface area contributed by atoms with Gasteiger partial charge in [0, 0.05) is 31.9 Å². The van der Waals surface area contributed by atoms with E-state index in [1.807, 2.05) is 30.0 Å². The number of carbonyl (C=O) groups excluding carboxylic acids is 1. The highest BCUT2D eigenvalue weighted by atomic mass is 16.5. The monoisotopic (exact) mass is 273 g/mol. The summed E-state index contributed by atoms with van der Waals surface area (Å²) in [6.45, 7) is 5.14. The lowest BCUT2D eigenvalue weighted by Crippen LogP contribution is -2.46. The van der Waals surface area contributed by atoms with Gasteiger partial charge in [-0.2, -0.15) is 0 Å². The molecule has 5 heteroatoms. The molecule has 1 aromatic heterocycles. The molecule has 0 radical (unpaired) electrons. The second kappa shape index (κ2) is 5.17. The number of ether oxygens (including phenoxy) is 1. The number of benzene rings is 1. The van der Waals surface area contributed by atoms with Gasteiger partial charge < -0.3 is 19.9 Å². The molecular formula is C15H19N3O2.